The number of aromatic nitrogens is 2. The van der Waals surface area contributed by atoms with Crippen LogP contribution in [0.1, 0.15) is 48.7 Å². The first-order chi connectivity index (χ1) is 15.2. The van der Waals surface area contributed by atoms with Crippen LogP contribution in [0, 0.1) is 5.41 Å². The number of ketones is 1. The largest absolute Gasteiger partial charge is 0.462 e. The van der Waals surface area contributed by atoms with Gasteiger partial charge in [0.2, 0.25) is 0 Å². The fraction of sp³-hybridized carbons (Fsp3) is 0.280. The molecule has 0 saturated carbocycles. The summed E-state index contributed by atoms with van der Waals surface area (Å²) in [5.74, 6) is 1.39. The summed E-state index contributed by atoms with van der Waals surface area (Å²) < 4.78 is 11.9. The van der Waals surface area contributed by atoms with E-state index in [1.165, 1.54) is 6.33 Å². The van der Waals surface area contributed by atoms with Crippen molar-refractivity contribution in [3.63, 3.8) is 0 Å². The molecular formula is C25H24N4O3. The van der Waals surface area contributed by atoms with Crippen molar-refractivity contribution in [1.29, 1.82) is 0 Å². The summed E-state index contributed by atoms with van der Waals surface area (Å²) in [4.78, 5) is 25.9. The Hall–Kier alpha value is -3.74. The zero-order valence-electron chi connectivity index (χ0n) is 18.3. The molecule has 0 bridgehead atoms. The first kappa shape index (κ1) is 20.2. The van der Waals surface area contributed by atoms with Crippen molar-refractivity contribution in [2.24, 2.45) is 16.1 Å². The first-order valence-electron chi connectivity index (χ1n) is 10.5. The van der Waals surface area contributed by atoms with Gasteiger partial charge in [0.25, 0.3) is 6.02 Å². The molecule has 0 unspecified atom stereocenters. The van der Waals surface area contributed by atoms with Crippen LogP contribution in [0.4, 0.5) is 0 Å². The maximum absolute atomic E-state index is 13.0. The number of hydrogen-bond acceptors (Lipinski definition) is 7. The number of carbonyl (C=O) groups is 1. The summed E-state index contributed by atoms with van der Waals surface area (Å²) >= 11 is 0. The van der Waals surface area contributed by atoms with Gasteiger partial charge in [-0.2, -0.15) is 0 Å². The lowest BCUT2D eigenvalue weighted by molar-refractivity contribution is 0.0939. The summed E-state index contributed by atoms with van der Waals surface area (Å²) in [5, 5.41) is 0. The highest BCUT2D eigenvalue weighted by Gasteiger charge is 2.47. The monoisotopic (exact) mass is 428 g/mol. The Kier molecular flexibility index (Phi) is 4.51. The molecule has 162 valence electrons. The molecule has 1 aromatic heterocycles. The second-order valence-electron chi connectivity index (χ2n) is 9.41. The smallest absolute Gasteiger partial charge is 0.283 e. The van der Waals surface area contributed by atoms with Crippen molar-refractivity contribution >= 4 is 11.8 Å². The maximum Gasteiger partial charge on any atom is 0.283 e. The molecule has 0 aliphatic carbocycles. The molecule has 2 N–H and O–H groups in total. The van der Waals surface area contributed by atoms with Crippen molar-refractivity contribution in [3.05, 3.63) is 71.8 Å². The molecule has 2 aromatic carbocycles. The number of nitrogens with zero attached hydrogens (tertiary/aromatic N) is 3. The average molecular weight is 428 g/mol. The van der Waals surface area contributed by atoms with E-state index in [1.54, 1.807) is 12.4 Å². The Balaban J connectivity index is 1.66. The van der Waals surface area contributed by atoms with E-state index in [1.807, 2.05) is 36.4 Å². The molecule has 2 aliphatic rings. The molecule has 7 heteroatoms. The van der Waals surface area contributed by atoms with Crippen molar-refractivity contribution < 1.29 is 14.3 Å². The number of fused-ring (bicyclic) bond motifs is 4. The van der Waals surface area contributed by atoms with E-state index in [0.717, 1.165) is 22.3 Å². The van der Waals surface area contributed by atoms with Crippen LogP contribution in [0.25, 0.3) is 11.1 Å². The van der Waals surface area contributed by atoms with E-state index < -0.39 is 5.54 Å². The summed E-state index contributed by atoms with van der Waals surface area (Å²) in [6.45, 7) is 6.38. The van der Waals surface area contributed by atoms with E-state index >= 15 is 0 Å². The van der Waals surface area contributed by atoms with Crippen LogP contribution in [-0.2, 0) is 10.3 Å². The fourth-order valence-corrected chi connectivity index (χ4v) is 4.24. The molecule has 7 nitrogen and oxygen atoms in total. The summed E-state index contributed by atoms with van der Waals surface area (Å²) in [6.07, 6.45) is 5.45. The number of aliphatic imine (C=N–C) groups is 1. The molecule has 0 amide bonds. The van der Waals surface area contributed by atoms with Crippen molar-refractivity contribution in [2.75, 3.05) is 6.61 Å². The van der Waals surface area contributed by atoms with Gasteiger partial charge < -0.3 is 15.2 Å². The zero-order chi connectivity index (χ0) is 22.5. The summed E-state index contributed by atoms with van der Waals surface area (Å²) in [6, 6.07) is 11.5. The molecule has 5 rings (SSSR count). The molecule has 32 heavy (non-hydrogen) atoms. The minimum absolute atomic E-state index is 0.0762. The average Bonchev–Trinajstić information content (AvgIpc) is 3.15. The lowest BCUT2D eigenvalue weighted by atomic mass is 9.79. The van der Waals surface area contributed by atoms with Crippen LogP contribution in [-0.4, -0.2) is 28.4 Å². The third-order valence-electron chi connectivity index (χ3n) is 5.71. The van der Waals surface area contributed by atoms with Gasteiger partial charge in [-0.25, -0.2) is 15.0 Å². The number of rotatable bonds is 3. The number of benzene rings is 2. The topological polar surface area (TPSA) is 99.7 Å². The predicted octanol–water partition coefficient (Wildman–Crippen LogP) is 4.46. The van der Waals surface area contributed by atoms with Crippen LogP contribution >= 0.6 is 0 Å². The number of carbonyl (C=O) groups excluding carboxylic acids is 1. The number of Topliss-reactive ketones (excluding diaryl/α,β-unsaturated/α-hetero) is 1. The van der Waals surface area contributed by atoms with Gasteiger partial charge in [0.05, 0.1) is 0 Å². The highest BCUT2D eigenvalue weighted by atomic mass is 16.5. The summed E-state index contributed by atoms with van der Waals surface area (Å²) in [5.41, 5.74) is 9.00. The van der Waals surface area contributed by atoms with Gasteiger partial charge >= 0.3 is 0 Å². The molecule has 3 heterocycles. The minimum Gasteiger partial charge on any atom is -0.462 e. The molecular weight excluding hydrogens is 404 g/mol. The number of hydrogen-bond donors (Lipinski definition) is 1. The zero-order valence-corrected chi connectivity index (χ0v) is 18.3. The lowest BCUT2D eigenvalue weighted by Crippen LogP contribution is -2.31. The quantitative estimate of drug-likeness (QED) is 0.619. The molecule has 0 saturated heterocycles. The van der Waals surface area contributed by atoms with Crippen LogP contribution in [0.3, 0.4) is 0 Å². The second-order valence-corrected chi connectivity index (χ2v) is 9.41. The van der Waals surface area contributed by atoms with E-state index in [4.69, 9.17) is 20.2 Å². The Morgan fingerprint density at radius 1 is 1.03 bits per heavy atom. The van der Waals surface area contributed by atoms with E-state index in [9.17, 15) is 4.79 Å². The molecule has 2 aliphatic heterocycles. The Morgan fingerprint density at radius 2 is 1.72 bits per heavy atom. The van der Waals surface area contributed by atoms with Gasteiger partial charge in [0.1, 0.15) is 24.4 Å². The standard InChI is InChI=1S/C25H24N4O3/c1-24(2,3)10-20(30)16-5-7-22-19(9-16)25(13-31-23(26)29-25)18-8-15(4-6-21(18)32-22)17-11-27-14-28-12-17/h4-9,11-12,14H,10,13H2,1-3H3,(H2,26,29)/t25-/m0/s1. The van der Waals surface area contributed by atoms with Crippen molar-refractivity contribution in [3.8, 4) is 22.6 Å². The molecule has 0 fully saturated rings. The van der Waals surface area contributed by atoms with Crippen LogP contribution in [0.2, 0.25) is 0 Å². The number of nitrogens with two attached hydrogens (primary N) is 1. The molecule has 1 spiro atoms. The second kappa shape index (κ2) is 7.15. The number of amidine groups is 1. The fourth-order valence-electron chi connectivity index (χ4n) is 4.24. The van der Waals surface area contributed by atoms with Crippen molar-refractivity contribution in [2.45, 2.75) is 32.7 Å². The SMILES string of the molecule is CC(C)(C)CC(=O)c1ccc2c(c1)[C@]1(COC(N)=N1)c1cc(-c3cncnc3)ccc1O2. The van der Waals surface area contributed by atoms with Gasteiger partial charge in [-0.05, 0) is 41.3 Å². The predicted molar refractivity (Wildman–Crippen MR) is 121 cm³/mol. The third-order valence-corrected chi connectivity index (χ3v) is 5.71. The first-order valence-corrected chi connectivity index (χ1v) is 10.5. The van der Waals surface area contributed by atoms with E-state index in [-0.39, 0.29) is 23.8 Å². The third kappa shape index (κ3) is 3.39. The van der Waals surface area contributed by atoms with Crippen LogP contribution in [0.5, 0.6) is 11.5 Å². The van der Waals surface area contributed by atoms with Gasteiger partial charge in [-0.3, -0.25) is 4.79 Å². The molecule has 3 aromatic rings. The van der Waals surface area contributed by atoms with Crippen LogP contribution in [0.15, 0.2) is 60.1 Å². The Morgan fingerprint density at radius 3 is 2.38 bits per heavy atom. The lowest BCUT2D eigenvalue weighted by Gasteiger charge is -2.34. The van der Waals surface area contributed by atoms with Gasteiger partial charge in [0, 0.05) is 41.1 Å². The Bertz CT molecular complexity index is 1250. The van der Waals surface area contributed by atoms with Crippen LogP contribution < -0.4 is 10.5 Å². The Labute approximate surface area is 186 Å². The van der Waals surface area contributed by atoms with E-state index in [0.29, 0.717) is 23.5 Å². The van der Waals surface area contributed by atoms with E-state index in [2.05, 4.69) is 30.7 Å². The van der Waals surface area contributed by atoms with Crippen molar-refractivity contribution in [1.82, 2.24) is 9.97 Å². The normalized spacial score (nSPS) is 18.9. The van der Waals surface area contributed by atoms with Gasteiger partial charge in [-0.15, -0.1) is 0 Å². The molecule has 1 atom stereocenters. The molecule has 0 radical (unpaired) electrons. The summed E-state index contributed by atoms with van der Waals surface area (Å²) in [7, 11) is 0. The minimum atomic E-state index is -0.892. The maximum atomic E-state index is 13.0. The highest BCUT2D eigenvalue weighted by molar-refractivity contribution is 5.97. The van der Waals surface area contributed by atoms with Gasteiger partial charge in [-0.1, -0.05) is 26.8 Å². The highest BCUT2D eigenvalue weighted by Crippen LogP contribution is 2.51. The number of ether oxygens (including phenoxy) is 2. The van der Waals surface area contributed by atoms with Gasteiger partial charge in [0.15, 0.2) is 11.3 Å².